The molecular weight excluding hydrogens is 290 g/mol. The molecule has 2 rings (SSSR count). The Bertz CT molecular complexity index is 705. The van der Waals surface area contributed by atoms with Crippen LogP contribution in [0.25, 0.3) is 0 Å². The number of hydrogen-bond acceptors (Lipinski definition) is 2. The SMILES string of the molecule is Cc1c(O)cccc1C(=O)Nc1c(F)c(F)cc(F)c1F. The lowest BCUT2D eigenvalue weighted by molar-refractivity contribution is 0.102. The Labute approximate surface area is 116 Å². The van der Waals surface area contributed by atoms with E-state index in [1.165, 1.54) is 25.1 Å². The summed E-state index contributed by atoms with van der Waals surface area (Å²) in [7, 11) is 0. The first-order valence-corrected chi connectivity index (χ1v) is 5.76. The number of nitrogens with one attached hydrogen (secondary N) is 1. The topological polar surface area (TPSA) is 49.3 Å². The summed E-state index contributed by atoms with van der Waals surface area (Å²) in [5, 5.41) is 11.2. The van der Waals surface area contributed by atoms with Crippen molar-refractivity contribution >= 4 is 11.6 Å². The molecule has 0 unspecified atom stereocenters. The molecule has 0 radical (unpaired) electrons. The molecule has 0 saturated heterocycles. The number of benzene rings is 2. The van der Waals surface area contributed by atoms with Gasteiger partial charge in [-0.3, -0.25) is 4.79 Å². The summed E-state index contributed by atoms with van der Waals surface area (Å²) in [6, 6.07) is 3.99. The predicted octanol–water partition coefficient (Wildman–Crippen LogP) is 3.51. The summed E-state index contributed by atoms with van der Waals surface area (Å²) in [4.78, 5) is 11.9. The molecule has 0 saturated carbocycles. The van der Waals surface area contributed by atoms with Gasteiger partial charge in [0.25, 0.3) is 5.91 Å². The van der Waals surface area contributed by atoms with Gasteiger partial charge in [-0.05, 0) is 19.1 Å². The summed E-state index contributed by atoms with van der Waals surface area (Å²) >= 11 is 0. The molecule has 0 aliphatic carbocycles. The third kappa shape index (κ3) is 2.67. The van der Waals surface area contributed by atoms with E-state index in [-0.39, 0.29) is 22.9 Å². The van der Waals surface area contributed by atoms with Crippen LogP contribution in [-0.2, 0) is 0 Å². The largest absolute Gasteiger partial charge is 0.508 e. The van der Waals surface area contributed by atoms with Crippen LogP contribution >= 0.6 is 0 Å². The average molecular weight is 299 g/mol. The Morgan fingerprint density at radius 2 is 1.67 bits per heavy atom. The van der Waals surface area contributed by atoms with Gasteiger partial charge in [0.1, 0.15) is 11.4 Å². The van der Waals surface area contributed by atoms with Gasteiger partial charge in [0.15, 0.2) is 23.3 Å². The Morgan fingerprint density at radius 3 is 2.24 bits per heavy atom. The number of halogens is 4. The van der Waals surface area contributed by atoms with Crippen molar-refractivity contribution < 1.29 is 27.5 Å². The van der Waals surface area contributed by atoms with Crippen LogP contribution < -0.4 is 5.32 Å². The van der Waals surface area contributed by atoms with E-state index in [2.05, 4.69) is 0 Å². The van der Waals surface area contributed by atoms with Crippen molar-refractivity contribution in [2.45, 2.75) is 6.92 Å². The van der Waals surface area contributed by atoms with E-state index in [1.807, 2.05) is 0 Å². The fraction of sp³-hybridized carbons (Fsp3) is 0.0714. The Hall–Kier alpha value is -2.57. The number of rotatable bonds is 2. The molecular formula is C14H9F4NO2. The fourth-order valence-corrected chi connectivity index (χ4v) is 1.73. The van der Waals surface area contributed by atoms with E-state index in [9.17, 15) is 27.5 Å². The quantitative estimate of drug-likeness (QED) is 0.658. The number of anilines is 1. The van der Waals surface area contributed by atoms with Crippen LogP contribution in [0.4, 0.5) is 23.2 Å². The minimum atomic E-state index is -1.71. The van der Waals surface area contributed by atoms with Crippen LogP contribution in [0.15, 0.2) is 24.3 Å². The lowest BCUT2D eigenvalue weighted by atomic mass is 10.1. The van der Waals surface area contributed by atoms with Gasteiger partial charge >= 0.3 is 0 Å². The maximum Gasteiger partial charge on any atom is 0.256 e. The number of aromatic hydroxyl groups is 1. The van der Waals surface area contributed by atoms with Crippen LogP contribution in [0.3, 0.4) is 0 Å². The van der Waals surface area contributed by atoms with E-state index in [0.717, 1.165) is 0 Å². The van der Waals surface area contributed by atoms with Gasteiger partial charge in [-0.1, -0.05) is 6.07 Å². The van der Waals surface area contributed by atoms with Crippen LogP contribution in [0.1, 0.15) is 15.9 Å². The highest BCUT2D eigenvalue weighted by atomic mass is 19.2. The highest BCUT2D eigenvalue weighted by Crippen LogP contribution is 2.26. The van der Waals surface area contributed by atoms with Crippen LogP contribution in [0.5, 0.6) is 5.75 Å². The minimum Gasteiger partial charge on any atom is -0.508 e. The lowest BCUT2D eigenvalue weighted by Crippen LogP contribution is -2.16. The van der Waals surface area contributed by atoms with Crippen LogP contribution in [0, 0.1) is 30.2 Å². The number of carbonyl (C=O) groups is 1. The zero-order valence-corrected chi connectivity index (χ0v) is 10.7. The fourth-order valence-electron chi connectivity index (χ4n) is 1.73. The van der Waals surface area contributed by atoms with Crippen molar-refractivity contribution in [3.63, 3.8) is 0 Å². The van der Waals surface area contributed by atoms with Crippen molar-refractivity contribution in [1.82, 2.24) is 0 Å². The third-order valence-corrected chi connectivity index (χ3v) is 2.90. The van der Waals surface area contributed by atoms with E-state index in [1.54, 1.807) is 5.32 Å². The normalized spacial score (nSPS) is 10.5. The van der Waals surface area contributed by atoms with Crippen LogP contribution in [-0.4, -0.2) is 11.0 Å². The summed E-state index contributed by atoms with van der Waals surface area (Å²) in [6.45, 7) is 1.41. The summed E-state index contributed by atoms with van der Waals surface area (Å²) < 4.78 is 53.0. The van der Waals surface area contributed by atoms with Crippen LogP contribution in [0.2, 0.25) is 0 Å². The molecule has 2 N–H and O–H groups in total. The molecule has 2 aromatic rings. The first-order valence-electron chi connectivity index (χ1n) is 5.76. The van der Waals surface area contributed by atoms with Gasteiger partial charge in [0.05, 0.1) is 0 Å². The summed E-state index contributed by atoms with van der Waals surface area (Å²) in [5.41, 5.74) is -1.15. The molecule has 0 aliphatic rings. The second-order valence-corrected chi connectivity index (χ2v) is 4.25. The molecule has 110 valence electrons. The zero-order valence-electron chi connectivity index (χ0n) is 10.7. The van der Waals surface area contributed by atoms with Gasteiger partial charge in [-0.25, -0.2) is 17.6 Å². The van der Waals surface area contributed by atoms with Crippen molar-refractivity contribution in [3.05, 3.63) is 58.7 Å². The summed E-state index contributed by atoms with van der Waals surface area (Å²) in [5.74, 6) is -7.88. The molecule has 3 nitrogen and oxygen atoms in total. The van der Waals surface area contributed by atoms with Gasteiger partial charge < -0.3 is 10.4 Å². The first-order chi connectivity index (χ1) is 9.82. The molecule has 0 aromatic heterocycles. The maximum absolute atomic E-state index is 13.5. The molecule has 7 heteroatoms. The van der Waals surface area contributed by atoms with Gasteiger partial charge in [0.2, 0.25) is 0 Å². The average Bonchev–Trinajstić information content (AvgIpc) is 2.44. The van der Waals surface area contributed by atoms with Gasteiger partial charge in [-0.15, -0.1) is 0 Å². The van der Waals surface area contributed by atoms with E-state index in [4.69, 9.17) is 0 Å². The Kier molecular flexibility index (Phi) is 3.84. The highest BCUT2D eigenvalue weighted by Gasteiger charge is 2.22. The number of phenolic OH excluding ortho intramolecular Hbond substituents is 1. The third-order valence-electron chi connectivity index (χ3n) is 2.90. The molecule has 2 aromatic carbocycles. The minimum absolute atomic E-state index is 0.0416. The predicted molar refractivity (Wildman–Crippen MR) is 67.1 cm³/mol. The highest BCUT2D eigenvalue weighted by molar-refractivity contribution is 6.05. The Morgan fingerprint density at radius 1 is 1.10 bits per heavy atom. The summed E-state index contributed by atoms with van der Waals surface area (Å²) in [6.07, 6.45) is 0. The molecule has 0 fully saturated rings. The molecule has 0 bridgehead atoms. The lowest BCUT2D eigenvalue weighted by Gasteiger charge is -2.11. The van der Waals surface area contributed by atoms with E-state index >= 15 is 0 Å². The Balaban J connectivity index is 2.43. The standard InChI is InChI=1S/C14H9F4NO2/c1-6-7(3-2-4-10(6)20)14(21)19-13-11(17)8(15)5-9(16)12(13)18/h2-5,20H,1H3,(H,19,21). The molecule has 21 heavy (non-hydrogen) atoms. The van der Waals surface area contributed by atoms with Crippen molar-refractivity contribution in [3.8, 4) is 5.75 Å². The van der Waals surface area contributed by atoms with Crippen molar-refractivity contribution in [2.24, 2.45) is 0 Å². The molecule has 0 atom stereocenters. The smallest absolute Gasteiger partial charge is 0.256 e. The molecule has 0 heterocycles. The second-order valence-electron chi connectivity index (χ2n) is 4.25. The number of amides is 1. The maximum atomic E-state index is 13.5. The molecule has 0 aliphatic heterocycles. The monoisotopic (exact) mass is 299 g/mol. The number of phenols is 1. The van der Waals surface area contributed by atoms with E-state index in [0.29, 0.717) is 0 Å². The van der Waals surface area contributed by atoms with Gasteiger partial charge in [-0.2, -0.15) is 0 Å². The second kappa shape index (κ2) is 5.43. The zero-order chi connectivity index (χ0) is 15.7. The number of hydrogen-bond donors (Lipinski definition) is 2. The molecule has 1 amide bonds. The van der Waals surface area contributed by atoms with Gasteiger partial charge in [0, 0.05) is 17.2 Å². The molecule has 0 spiro atoms. The van der Waals surface area contributed by atoms with Crippen molar-refractivity contribution in [1.29, 1.82) is 0 Å². The van der Waals surface area contributed by atoms with Crippen molar-refractivity contribution in [2.75, 3.05) is 5.32 Å². The first kappa shape index (κ1) is 14.8. The van der Waals surface area contributed by atoms with E-state index < -0.39 is 34.9 Å². The number of carbonyl (C=O) groups excluding carboxylic acids is 1.